The van der Waals surface area contributed by atoms with Gasteiger partial charge in [-0.1, -0.05) is 37.0 Å². The second kappa shape index (κ2) is 4.86. The first-order chi connectivity index (χ1) is 8.41. The number of halogens is 2. The molecule has 0 N–H and O–H groups in total. The molecular formula is C12H12Cl2N2O2. The number of carbonyl (C=O) groups excluding carboxylic acids is 2. The van der Waals surface area contributed by atoms with Crippen LogP contribution in [0.1, 0.15) is 19.5 Å². The molecule has 2 atom stereocenters. The fourth-order valence-corrected chi connectivity index (χ4v) is 2.23. The lowest BCUT2D eigenvalue weighted by Crippen LogP contribution is -2.30. The normalized spacial score (nSPS) is 23.9. The molecule has 1 aromatic heterocycles. The molecule has 4 nitrogen and oxygen atoms in total. The van der Waals surface area contributed by atoms with Crippen molar-refractivity contribution in [1.29, 1.82) is 0 Å². The predicted molar refractivity (Wildman–Crippen MR) is 68.1 cm³/mol. The summed E-state index contributed by atoms with van der Waals surface area (Å²) in [4.78, 5) is 29.1. The summed E-state index contributed by atoms with van der Waals surface area (Å²) in [5, 5.41) is 0.682. The van der Waals surface area contributed by atoms with E-state index in [1.165, 1.54) is 4.90 Å². The van der Waals surface area contributed by atoms with E-state index >= 15 is 0 Å². The Balaban J connectivity index is 2.27. The number of imide groups is 1. The van der Waals surface area contributed by atoms with Gasteiger partial charge in [0, 0.05) is 11.8 Å². The van der Waals surface area contributed by atoms with Crippen LogP contribution in [0.25, 0.3) is 0 Å². The smallest absolute Gasteiger partial charge is 0.233 e. The molecule has 6 heteroatoms. The van der Waals surface area contributed by atoms with Gasteiger partial charge in [-0.3, -0.25) is 14.5 Å². The minimum atomic E-state index is -0.296. The number of likely N-dealkylation sites (tertiary alicyclic amines) is 1. The molecule has 0 bridgehead atoms. The molecule has 0 spiro atoms. The van der Waals surface area contributed by atoms with E-state index in [2.05, 4.69) is 4.98 Å². The quantitative estimate of drug-likeness (QED) is 0.620. The first-order valence-electron chi connectivity index (χ1n) is 5.58. The number of carbonyl (C=O) groups is 2. The van der Waals surface area contributed by atoms with Crippen LogP contribution in [-0.2, 0) is 16.1 Å². The molecule has 0 saturated carbocycles. The van der Waals surface area contributed by atoms with Gasteiger partial charge in [0.2, 0.25) is 11.8 Å². The average Bonchev–Trinajstić information content (AvgIpc) is 2.51. The molecule has 2 rings (SSSR count). The second-order valence-electron chi connectivity index (χ2n) is 4.40. The molecule has 0 aromatic carbocycles. The zero-order valence-electron chi connectivity index (χ0n) is 9.98. The minimum absolute atomic E-state index is 0.0751. The van der Waals surface area contributed by atoms with E-state index < -0.39 is 0 Å². The number of aromatic nitrogens is 1. The van der Waals surface area contributed by atoms with Crippen molar-refractivity contribution in [3.05, 3.63) is 28.0 Å². The van der Waals surface area contributed by atoms with Crippen LogP contribution in [-0.4, -0.2) is 21.7 Å². The molecule has 1 aliphatic heterocycles. The summed E-state index contributed by atoms with van der Waals surface area (Å²) in [7, 11) is 0. The van der Waals surface area contributed by atoms with E-state index in [0.29, 0.717) is 10.7 Å². The Labute approximate surface area is 115 Å². The van der Waals surface area contributed by atoms with Gasteiger partial charge in [0.15, 0.2) is 0 Å². The fourth-order valence-electron chi connectivity index (χ4n) is 1.90. The maximum absolute atomic E-state index is 11.9. The van der Waals surface area contributed by atoms with E-state index in [4.69, 9.17) is 23.2 Å². The summed E-state index contributed by atoms with van der Waals surface area (Å²) >= 11 is 11.7. The monoisotopic (exact) mass is 286 g/mol. The van der Waals surface area contributed by atoms with Crippen LogP contribution in [0, 0.1) is 11.8 Å². The lowest BCUT2D eigenvalue weighted by atomic mass is 10.00. The summed E-state index contributed by atoms with van der Waals surface area (Å²) in [6, 6.07) is 3.16. The van der Waals surface area contributed by atoms with Crippen LogP contribution in [0.15, 0.2) is 12.1 Å². The van der Waals surface area contributed by atoms with Gasteiger partial charge in [0.25, 0.3) is 0 Å². The van der Waals surface area contributed by atoms with Crippen molar-refractivity contribution in [2.24, 2.45) is 11.8 Å². The van der Waals surface area contributed by atoms with Crippen molar-refractivity contribution in [2.45, 2.75) is 20.4 Å². The standard InChI is InChI=1S/C12H12Cl2N2O2/c1-6-7(2)12(18)16(11(6)17)5-9-8(13)3-4-10(14)15-9/h3-4,6-7H,5H2,1-2H3. The van der Waals surface area contributed by atoms with Crippen molar-refractivity contribution < 1.29 is 9.59 Å². The Morgan fingerprint density at radius 1 is 1.17 bits per heavy atom. The molecule has 1 saturated heterocycles. The van der Waals surface area contributed by atoms with Gasteiger partial charge in [0.05, 0.1) is 17.3 Å². The van der Waals surface area contributed by atoms with Crippen LogP contribution in [0.3, 0.4) is 0 Å². The molecule has 96 valence electrons. The second-order valence-corrected chi connectivity index (χ2v) is 5.20. The molecule has 2 amide bonds. The Morgan fingerprint density at radius 2 is 1.72 bits per heavy atom. The number of nitrogens with zero attached hydrogens (tertiary/aromatic N) is 2. The molecule has 1 aromatic rings. The molecule has 0 radical (unpaired) electrons. The number of amides is 2. The molecule has 1 fully saturated rings. The third-order valence-corrected chi connectivity index (χ3v) is 3.81. The van der Waals surface area contributed by atoms with Gasteiger partial charge in [-0.25, -0.2) is 4.98 Å². The average molecular weight is 287 g/mol. The summed E-state index contributed by atoms with van der Waals surface area (Å²) in [6.07, 6.45) is 0. The van der Waals surface area contributed by atoms with Crippen LogP contribution in [0.2, 0.25) is 10.2 Å². The minimum Gasteiger partial charge on any atom is -0.276 e. The molecule has 2 unspecified atom stereocenters. The highest BCUT2D eigenvalue weighted by Gasteiger charge is 2.42. The SMILES string of the molecule is CC1C(=O)N(Cc2nc(Cl)ccc2Cl)C(=O)C1C. The lowest BCUT2D eigenvalue weighted by molar-refractivity contribution is -0.140. The van der Waals surface area contributed by atoms with E-state index in [9.17, 15) is 9.59 Å². The van der Waals surface area contributed by atoms with Crippen molar-refractivity contribution in [2.75, 3.05) is 0 Å². The molecule has 0 aliphatic carbocycles. The van der Waals surface area contributed by atoms with Crippen molar-refractivity contribution in [3.63, 3.8) is 0 Å². The van der Waals surface area contributed by atoms with Gasteiger partial charge in [-0.05, 0) is 12.1 Å². The molecule has 2 heterocycles. The van der Waals surface area contributed by atoms with Gasteiger partial charge >= 0.3 is 0 Å². The maximum atomic E-state index is 11.9. The highest BCUT2D eigenvalue weighted by atomic mass is 35.5. The first-order valence-corrected chi connectivity index (χ1v) is 6.33. The highest BCUT2D eigenvalue weighted by molar-refractivity contribution is 6.32. The van der Waals surface area contributed by atoms with Crippen LogP contribution >= 0.6 is 23.2 Å². The summed E-state index contributed by atoms with van der Waals surface area (Å²) < 4.78 is 0. The van der Waals surface area contributed by atoms with Crippen LogP contribution < -0.4 is 0 Å². The van der Waals surface area contributed by atoms with Gasteiger partial charge in [-0.15, -0.1) is 0 Å². The van der Waals surface area contributed by atoms with E-state index in [1.807, 2.05) is 0 Å². The van der Waals surface area contributed by atoms with Crippen LogP contribution in [0.4, 0.5) is 0 Å². The Hall–Kier alpha value is -1.13. The zero-order chi connectivity index (χ0) is 13.4. The lowest BCUT2D eigenvalue weighted by Gasteiger charge is -2.14. The van der Waals surface area contributed by atoms with Crippen molar-refractivity contribution in [3.8, 4) is 0 Å². The topological polar surface area (TPSA) is 50.3 Å². The number of hydrogen-bond donors (Lipinski definition) is 0. The van der Waals surface area contributed by atoms with Gasteiger partial charge < -0.3 is 0 Å². The highest BCUT2D eigenvalue weighted by Crippen LogP contribution is 2.28. The summed E-state index contributed by atoms with van der Waals surface area (Å²) in [5.41, 5.74) is 0.437. The maximum Gasteiger partial charge on any atom is 0.233 e. The third kappa shape index (κ3) is 2.22. The van der Waals surface area contributed by atoms with Crippen LogP contribution in [0.5, 0.6) is 0 Å². The van der Waals surface area contributed by atoms with E-state index in [0.717, 1.165) is 0 Å². The third-order valence-electron chi connectivity index (χ3n) is 3.25. The van der Waals surface area contributed by atoms with Gasteiger partial charge in [-0.2, -0.15) is 0 Å². The molecule has 1 aliphatic rings. The molecular weight excluding hydrogens is 275 g/mol. The Morgan fingerprint density at radius 3 is 2.28 bits per heavy atom. The largest absolute Gasteiger partial charge is 0.276 e. The van der Waals surface area contributed by atoms with E-state index in [-0.39, 0.29) is 35.3 Å². The summed E-state index contributed by atoms with van der Waals surface area (Å²) in [5.74, 6) is -0.971. The zero-order valence-corrected chi connectivity index (χ0v) is 11.5. The number of hydrogen-bond acceptors (Lipinski definition) is 3. The van der Waals surface area contributed by atoms with E-state index in [1.54, 1.807) is 26.0 Å². The number of pyridine rings is 1. The summed E-state index contributed by atoms with van der Waals surface area (Å²) in [6.45, 7) is 3.57. The Bertz CT molecular complexity index is 499. The van der Waals surface area contributed by atoms with Crippen molar-refractivity contribution >= 4 is 35.0 Å². The fraction of sp³-hybridized carbons (Fsp3) is 0.417. The van der Waals surface area contributed by atoms with Crippen molar-refractivity contribution in [1.82, 2.24) is 9.88 Å². The first kappa shape index (κ1) is 13.3. The molecule has 18 heavy (non-hydrogen) atoms. The predicted octanol–water partition coefficient (Wildman–Crippen LogP) is 2.53. The number of rotatable bonds is 2. The van der Waals surface area contributed by atoms with Gasteiger partial charge in [0.1, 0.15) is 5.15 Å². The Kier molecular flexibility index (Phi) is 3.59.